The Morgan fingerprint density at radius 1 is 1.30 bits per heavy atom. The molecule has 0 aliphatic heterocycles. The highest BCUT2D eigenvalue weighted by Gasteiger charge is 2.27. The van der Waals surface area contributed by atoms with E-state index in [2.05, 4.69) is 25.9 Å². The molecule has 0 unspecified atom stereocenters. The van der Waals surface area contributed by atoms with Crippen molar-refractivity contribution < 1.29 is 24.9 Å². The van der Waals surface area contributed by atoms with Crippen molar-refractivity contribution in [2.75, 3.05) is 12.4 Å². The molecule has 0 spiro atoms. The molecule has 0 bridgehead atoms. The molecular weight excluding hydrogens is 390 g/mol. The minimum Gasteiger partial charge on any atom is -0.481 e. The third-order valence-corrected chi connectivity index (χ3v) is 5.10. The maximum atomic E-state index is 10.1. The van der Waals surface area contributed by atoms with E-state index >= 15 is 0 Å². The Hall–Kier alpha value is -3.19. The zero-order valence-electron chi connectivity index (χ0n) is 17.1. The van der Waals surface area contributed by atoms with Gasteiger partial charge in [-0.3, -0.25) is 9.59 Å². The van der Waals surface area contributed by atoms with Crippen molar-refractivity contribution >= 4 is 28.8 Å². The number of aliphatic hydroxyl groups is 1. The van der Waals surface area contributed by atoms with Crippen LogP contribution in [0.2, 0.25) is 0 Å². The summed E-state index contributed by atoms with van der Waals surface area (Å²) in [5, 5.41) is 37.5. The number of aliphatic hydroxyl groups excluding tert-OH is 1. The summed E-state index contributed by atoms with van der Waals surface area (Å²) in [5.74, 6) is -0.608. The summed E-state index contributed by atoms with van der Waals surface area (Å²) in [4.78, 5) is 27.8. The number of pyridine rings is 1. The molecule has 1 atom stereocenters. The number of carbonyl (C=O) groups is 2. The van der Waals surface area contributed by atoms with Crippen molar-refractivity contribution in [3.8, 4) is 6.07 Å². The van der Waals surface area contributed by atoms with E-state index in [1.54, 1.807) is 13.1 Å². The second-order valence-electron chi connectivity index (χ2n) is 7.33. The van der Waals surface area contributed by atoms with Crippen LogP contribution in [0.1, 0.15) is 63.4 Å². The lowest BCUT2D eigenvalue weighted by molar-refractivity contribution is -0.147. The Morgan fingerprint density at radius 3 is 2.40 bits per heavy atom. The molecule has 0 amide bonds. The summed E-state index contributed by atoms with van der Waals surface area (Å²) in [7, 11) is 1.84. The van der Waals surface area contributed by atoms with Crippen molar-refractivity contribution in [2.24, 2.45) is 5.92 Å². The van der Waals surface area contributed by atoms with Gasteiger partial charge in [0.25, 0.3) is 0 Å². The van der Waals surface area contributed by atoms with Gasteiger partial charge in [0.15, 0.2) is 0 Å². The topological polar surface area (TPSA) is 161 Å². The number of nitrogens with zero attached hydrogens (tertiary/aromatic N) is 4. The Labute approximate surface area is 174 Å². The summed E-state index contributed by atoms with van der Waals surface area (Å²) >= 11 is 0. The zero-order chi connectivity index (χ0) is 22.3. The number of carboxylic acids is 2. The van der Waals surface area contributed by atoms with Gasteiger partial charge >= 0.3 is 11.9 Å². The van der Waals surface area contributed by atoms with E-state index in [-0.39, 0.29) is 0 Å². The second-order valence-corrected chi connectivity index (χ2v) is 7.33. The van der Waals surface area contributed by atoms with E-state index in [4.69, 9.17) is 15.5 Å². The van der Waals surface area contributed by atoms with Crippen molar-refractivity contribution in [1.82, 2.24) is 14.5 Å². The molecule has 1 saturated carbocycles. The van der Waals surface area contributed by atoms with Crippen LogP contribution < -0.4 is 5.32 Å². The second kappa shape index (κ2) is 10.5. The highest BCUT2D eigenvalue weighted by atomic mass is 16.4. The third-order valence-electron chi connectivity index (χ3n) is 5.10. The first kappa shape index (κ1) is 23.1. The van der Waals surface area contributed by atoms with Gasteiger partial charge in [0.1, 0.15) is 29.7 Å². The largest absolute Gasteiger partial charge is 0.481 e. The Bertz CT molecular complexity index is 914. The molecule has 2 aromatic rings. The van der Waals surface area contributed by atoms with Gasteiger partial charge in [0.2, 0.25) is 0 Å². The SMILES string of the molecule is CNc1cc2c(cn1)nc([C@@H](C)O)n2[C@H]1CC[C@H](CC#N)CC1.O=C(O)CC(=O)O. The maximum absolute atomic E-state index is 10.1. The predicted octanol–water partition coefficient (Wildman–Crippen LogP) is 2.72. The number of carboxylic acid groups (broad SMARTS) is 2. The highest BCUT2D eigenvalue weighted by molar-refractivity contribution is 5.88. The van der Waals surface area contributed by atoms with E-state index in [1.807, 2.05) is 13.1 Å². The molecule has 0 aromatic carbocycles. The Balaban J connectivity index is 0.000000396. The smallest absolute Gasteiger partial charge is 0.314 e. The molecular formula is C20H27N5O5. The van der Waals surface area contributed by atoms with Gasteiger partial charge < -0.3 is 25.2 Å². The summed E-state index contributed by atoms with van der Waals surface area (Å²) in [6.07, 6.45) is 5.14. The fourth-order valence-corrected chi connectivity index (χ4v) is 3.70. The molecule has 3 rings (SSSR count). The van der Waals surface area contributed by atoms with Crippen LogP contribution >= 0.6 is 0 Å². The molecule has 30 heavy (non-hydrogen) atoms. The van der Waals surface area contributed by atoms with E-state index in [1.165, 1.54) is 0 Å². The van der Waals surface area contributed by atoms with Gasteiger partial charge in [-0.05, 0) is 38.5 Å². The van der Waals surface area contributed by atoms with Gasteiger partial charge in [-0.25, -0.2) is 9.97 Å². The lowest BCUT2D eigenvalue weighted by atomic mass is 9.84. The number of hydrogen-bond donors (Lipinski definition) is 4. The molecule has 4 N–H and O–H groups in total. The Morgan fingerprint density at radius 2 is 1.93 bits per heavy atom. The number of aliphatic carboxylic acids is 2. The first-order valence-corrected chi connectivity index (χ1v) is 9.81. The van der Waals surface area contributed by atoms with Crippen LogP contribution in [0.3, 0.4) is 0 Å². The number of aromatic nitrogens is 3. The van der Waals surface area contributed by atoms with E-state index in [0.717, 1.165) is 42.5 Å². The van der Waals surface area contributed by atoms with Crippen molar-refractivity contribution in [3.63, 3.8) is 0 Å². The standard InChI is InChI=1S/C17H23N5O.C3H4O4/c1-11(23)17-21-14-10-20-16(19-2)9-15(14)22(17)13-5-3-12(4-6-13)7-8-18;4-2(5)1-3(6)7/h9-13,23H,3-7H2,1-2H3,(H,19,20);1H2,(H,4,5)(H,6,7)/t11-,12-,13-;/m1./s1. The number of nitriles is 1. The molecule has 162 valence electrons. The summed E-state index contributed by atoms with van der Waals surface area (Å²) < 4.78 is 2.19. The molecule has 10 nitrogen and oxygen atoms in total. The number of fused-ring (bicyclic) bond motifs is 1. The van der Waals surface area contributed by atoms with Crippen LogP contribution in [0.5, 0.6) is 0 Å². The number of rotatable bonds is 6. The average molecular weight is 417 g/mol. The quantitative estimate of drug-likeness (QED) is 0.518. The highest BCUT2D eigenvalue weighted by Crippen LogP contribution is 2.37. The first-order chi connectivity index (χ1) is 14.3. The normalized spacial score (nSPS) is 19.3. The molecule has 1 aliphatic carbocycles. The minimum atomic E-state index is -1.31. The van der Waals surface area contributed by atoms with E-state index in [0.29, 0.717) is 24.2 Å². The summed E-state index contributed by atoms with van der Waals surface area (Å²) in [6.45, 7) is 1.76. The van der Waals surface area contributed by atoms with Crippen molar-refractivity contribution in [1.29, 1.82) is 5.26 Å². The van der Waals surface area contributed by atoms with Crippen molar-refractivity contribution in [2.45, 2.75) is 57.6 Å². The fraction of sp³-hybridized carbons (Fsp3) is 0.550. The van der Waals surface area contributed by atoms with Crippen LogP contribution in [-0.4, -0.2) is 48.8 Å². The van der Waals surface area contributed by atoms with Crippen LogP contribution in [0.25, 0.3) is 11.0 Å². The molecule has 0 radical (unpaired) electrons. The summed E-state index contributed by atoms with van der Waals surface area (Å²) in [6, 6.07) is 4.61. The van der Waals surface area contributed by atoms with Crippen LogP contribution in [0, 0.1) is 17.2 Å². The first-order valence-electron chi connectivity index (χ1n) is 9.81. The Kier molecular flexibility index (Phi) is 8.12. The average Bonchev–Trinajstić information content (AvgIpc) is 3.07. The monoisotopic (exact) mass is 417 g/mol. The lowest BCUT2D eigenvalue weighted by Gasteiger charge is -2.30. The summed E-state index contributed by atoms with van der Waals surface area (Å²) in [5.41, 5.74) is 1.84. The minimum absolute atomic E-state index is 0.326. The number of imidazole rings is 1. The predicted molar refractivity (Wildman–Crippen MR) is 109 cm³/mol. The van der Waals surface area contributed by atoms with E-state index < -0.39 is 24.5 Å². The molecule has 1 fully saturated rings. The lowest BCUT2D eigenvalue weighted by Crippen LogP contribution is -2.20. The van der Waals surface area contributed by atoms with Crippen molar-refractivity contribution in [3.05, 3.63) is 18.1 Å². The van der Waals surface area contributed by atoms with Gasteiger partial charge in [0, 0.05) is 25.6 Å². The molecule has 0 saturated heterocycles. The fourth-order valence-electron chi connectivity index (χ4n) is 3.70. The molecule has 2 aromatic heterocycles. The van der Waals surface area contributed by atoms with E-state index in [9.17, 15) is 14.7 Å². The molecule has 1 aliphatic rings. The zero-order valence-corrected chi connectivity index (χ0v) is 17.1. The third kappa shape index (κ3) is 5.90. The molecule has 10 heteroatoms. The number of hydrogen-bond acceptors (Lipinski definition) is 7. The van der Waals surface area contributed by atoms with Gasteiger partial charge in [-0.1, -0.05) is 0 Å². The van der Waals surface area contributed by atoms with Gasteiger partial charge in [-0.2, -0.15) is 5.26 Å². The van der Waals surface area contributed by atoms with Crippen LogP contribution in [-0.2, 0) is 9.59 Å². The number of anilines is 1. The molecule has 2 heterocycles. The van der Waals surface area contributed by atoms with Gasteiger partial charge in [-0.15, -0.1) is 0 Å². The maximum Gasteiger partial charge on any atom is 0.314 e. The van der Waals surface area contributed by atoms with Gasteiger partial charge in [0.05, 0.1) is 17.8 Å². The number of nitrogens with one attached hydrogen (secondary N) is 1. The van der Waals surface area contributed by atoms with Crippen LogP contribution in [0.15, 0.2) is 12.3 Å². The van der Waals surface area contributed by atoms with Crippen LogP contribution in [0.4, 0.5) is 5.82 Å².